The van der Waals surface area contributed by atoms with Gasteiger partial charge >= 0.3 is 0 Å². The molecule has 15 heavy (non-hydrogen) atoms. The van der Waals surface area contributed by atoms with Gasteiger partial charge in [0.15, 0.2) is 0 Å². The minimum Gasteiger partial charge on any atom is -0.395 e. The van der Waals surface area contributed by atoms with Crippen LogP contribution in [0.2, 0.25) is 0 Å². The van der Waals surface area contributed by atoms with Gasteiger partial charge in [0.1, 0.15) is 0 Å². The molecule has 2 rings (SSSR count). The number of β-amino-alcohol motifs (C(OH)–C–C–N with tert-alkyl or cyclic N) is 1. The van der Waals surface area contributed by atoms with Crippen molar-refractivity contribution in [1.82, 2.24) is 9.80 Å². The van der Waals surface area contributed by atoms with E-state index >= 15 is 0 Å². The number of likely N-dealkylation sites (tertiary alicyclic amines) is 2. The van der Waals surface area contributed by atoms with Crippen LogP contribution in [-0.4, -0.2) is 60.3 Å². The molecule has 0 saturated carbocycles. The summed E-state index contributed by atoms with van der Waals surface area (Å²) in [6, 6.07) is 0.834. The summed E-state index contributed by atoms with van der Waals surface area (Å²) in [5.74, 6) is 0. The third-order valence-corrected chi connectivity index (χ3v) is 3.88. The lowest BCUT2D eigenvalue weighted by Crippen LogP contribution is -2.47. The Morgan fingerprint density at radius 3 is 2.20 bits per heavy atom. The molecule has 0 unspecified atom stereocenters. The van der Waals surface area contributed by atoms with Crippen molar-refractivity contribution in [3.8, 4) is 0 Å². The molecule has 3 nitrogen and oxygen atoms in total. The average molecular weight is 212 g/mol. The molecule has 0 aromatic carbocycles. The van der Waals surface area contributed by atoms with E-state index in [1.165, 1.54) is 58.3 Å². The van der Waals surface area contributed by atoms with E-state index in [0.717, 1.165) is 12.6 Å². The Balaban J connectivity index is 1.72. The molecule has 88 valence electrons. The van der Waals surface area contributed by atoms with Crippen LogP contribution in [0.1, 0.15) is 32.1 Å². The first kappa shape index (κ1) is 11.4. The number of aliphatic hydroxyl groups excluding tert-OH is 1. The van der Waals surface area contributed by atoms with E-state index in [-0.39, 0.29) is 0 Å². The largest absolute Gasteiger partial charge is 0.395 e. The number of nitrogens with zero attached hydrogens (tertiary/aromatic N) is 2. The van der Waals surface area contributed by atoms with Crippen molar-refractivity contribution in [3.63, 3.8) is 0 Å². The standard InChI is InChI=1S/C12H24N2O/c15-11-10-13-8-4-12(5-9-13)14-6-2-1-3-7-14/h12,15H,1-11H2. The van der Waals surface area contributed by atoms with Crippen molar-refractivity contribution in [3.05, 3.63) is 0 Å². The smallest absolute Gasteiger partial charge is 0.0558 e. The summed E-state index contributed by atoms with van der Waals surface area (Å²) in [5.41, 5.74) is 0. The summed E-state index contributed by atoms with van der Waals surface area (Å²) in [7, 11) is 0. The quantitative estimate of drug-likeness (QED) is 0.754. The second kappa shape index (κ2) is 5.83. The number of rotatable bonds is 3. The first-order valence-electron chi connectivity index (χ1n) is 6.47. The molecule has 0 radical (unpaired) electrons. The molecular weight excluding hydrogens is 188 g/mol. The van der Waals surface area contributed by atoms with Crippen LogP contribution in [-0.2, 0) is 0 Å². The number of hydrogen-bond acceptors (Lipinski definition) is 3. The lowest BCUT2D eigenvalue weighted by Gasteiger charge is -2.40. The van der Waals surface area contributed by atoms with E-state index in [1.807, 2.05) is 0 Å². The van der Waals surface area contributed by atoms with Crippen molar-refractivity contribution in [2.45, 2.75) is 38.1 Å². The monoisotopic (exact) mass is 212 g/mol. The Morgan fingerprint density at radius 1 is 0.933 bits per heavy atom. The predicted molar refractivity (Wildman–Crippen MR) is 62.0 cm³/mol. The SMILES string of the molecule is OCCN1CCC(N2CCCCC2)CC1. The van der Waals surface area contributed by atoms with Gasteiger partial charge in [0.05, 0.1) is 6.61 Å². The van der Waals surface area contributed by atoms with Crippen LogP contribution < -0.4 is 0 Å². The highest BCUT2D eigenvalue weighted by atomic mass is 16.3. The molecule has 2 saturated heterocycles. The van der Waals surface area contributed by atoms with Crippen LogP contribution in [0, 0.1) is 0 Å². The topological polar surface area (TPSA) is 26.7 Å². The van der Waals surface area contributed by atoms with Crippen LogP contribution in [0.5, 0.6) is 0 Å². The van der Waals surface area contributed by atoms with Gasteiger partial charge in [0.2, 0.25) is 0 Å². The Bertz CT molecular complexity index is 172. The molecule has 0 spiro atoms. The lowest BCUT2D eigenvalue weighted by molar-refractivity contribution is 0.0837. The molecule has 0 aromatic rings. The maximum absolute atomic E-state index is 8.88. The van der Waals surface area contributed by atoms with Crippen molar-refractivity contribution in [1.29, 1.82) is 0 Å². The minimum absolute atomic E-state index is 0.314. The van der Waals surface area contributed by atoms with Crippen molar-refractivity contribution >= 4 is 0 Å². The summed E-state index contributed by atoms with van der Waals surface area (Å²) in [5, 5.41) is 8.88. The zero-order chi connectivity index (χ0) is 10.5. The summed E-state index contributed by atoms with van der Waals surface area (Å²) in [6.07, 6.45) is 6.84. The molecule has 1 N–H and O–H groups in total. The lowest BCUT2D eigenvalue weighted by atomic mass is 10.00. The second-order valence-corrected chi connectivity index (χ2v) is 4.89. The molecule has 0 amide bonds. The van der Waals surface area contributed by atoms with Gasteiger partial charge < -0.3 is 14.9 Å². The third-order valence-electron chi connectivity index (χ3n) is 3.88. The van der Waals surface area contributed by atoms with Crippen LogP contribution in [0.25, 0.3) is 0 Å². The molecule has 0 aromatic heterocycles. The fraction of sp³-hybridized carbons (Fsp3) is 1.00. The molecule has 2 fully saturated rings. The van der Waals surface area contributed by atoms with Gasteiger partial charge in [0, 0.05) is 12.6 Å². The zero-order valence-electron chi connectivity index (χ0n) is 9.70. The van der Waals surface area contributed by atoms with Crippen LogP contribution in [0.15, 0.2) is 0 Å². The van der Waals surface area contributed by atoms with E-state index in [4.69, 9.17) is 5.11 Å². The molecule has 2 heterocycles. The maximum Gasteiger partial charge on any atom is 0.0558 e. The van der Waals surface area contributed by atoms with E-state index in [1.54, 1.807) is 0 Å². The van der Waals surface area contributed by atoms with Crippen molar-refractivity contribution in [2.75, 3.05) is 39.3 Å². The third kappa shape index (κ3) is 3.16. The Morgan fingerprint density at radius 2 is 1.60 bits per heavy atom. The average Bonchev–Trinajstić information content (AvgIpc) is 2.32. The van der Waals surface area contributed by atoms with E-state index < -0.39 is 0 Å². The Kier molecular flexibility index (Phi) is 4.42. The van der Waals surface area contributed by atoms with Gasteiger partial charge in [-0.15, -0.1) is 0 Å². The summed E-state index contributed by atoms with van der Waals surface area (Å²) in [4.78, 5) is 5.08. The Labute approximate surface area is 93.1 Å². The zero-order valence-corrected chi connectivity index (χ0v) is 9.70. The molecule has 0 bridgehead atoms. The summed E-state index contributed by atoms with van der Waals surface area (Å²) in [6.45, 7) is 6.19. The van der Waals surface area contributed by atoms with E-state index in [2.05, 4.69) is 9.80 Å². The first-order valence-corrected chi connectivity index (χ1v) is 6.47. The summed E-state index contributed by atoms with van der Waals surface area (Å²) < 4.78 is 0. The van der Waals surface area contributed by atoms with Crippen molar-refractivity contribution in [2.24, 2.45) is 0 Å². The molecule has 2 aliphatic rings. The highest BCUT2D eigenvalue weighted by Crippen LogP contribution is 2.20. The molecule has 0 aliphatic carbocycles. The predicted octanol–water partition coefficient (Wildman–Crippen LogP) is 0.929. The van der Waals surface area contributed by atoms with Gasteiger partial charge in [-0.25, -0.2) is 0 Å². The molecule has 2 aliphatic heterocycles. The van der Waals surface area contributed by atoms with Crippen molar-refractivity contribution < 1.29 is 5.11 Å². The molecular formula is C12H24N2O. The fourth-order valence-corrected chi connectivity index (χ4v) is 2.93. The van der Waals surface area contributed by atoms with Gasteiger partial charge in [-0.3, -0.25) is 0 Å². The van der Waals surface area contributed by atoms with E-state index in [9.17, 15) is 0 Å². The molecule has 3 heteroatoms. The van der Waals surface area contributed by atoms with Gasteiger partial charge in [-0.2, -0.15) is 0 Å². The number of hydrogen-bond donors (Lipinski definition) is 1. The number of aliphatic hydroxyl groups is 1. The second-order valence-electron chi connectivity index (χ2n) is 4.89. The van der Waals surface area contributed by atoms with Crippen LogP contribution >= 0.6 is 0 Å². The minimum atomic E-state index is 0.314. The van der Waals surface area contributed by atoms with Gasteiger partial charge in [0.25, 0.3) is 0 Å². The van der Waals surface area contributed by atoms with Crippen LogP contribution in [0.4, 0.5) is 0 Å². The van der Waals surface area contributed by atoms with E-state index in [0.29, 0.717) is 6.61 Å². The highest BCUT2D eigenvalue weighted by molar-refractivity contribution is 4.81. The van der Waals surface area contributed by atoms with Gasteiger partial charge in [-0.1, -0.05) is 6.42 Å². The first-order chi connectivity index (χ1) is 7.40. The maximum atomic E-state index is 8.88. The molecule has 0 atom stereocenters. The summed E-state index contributed by atoms with van der Waals surface area (Å²) >= 11 is 0. The van der Waals surface area contributed by atoms with Gasteiger partial charge in [-0.05, 0) is 51.9 Å². The highest BCUT2D eigenvalue weighted by Gasteiger charge is 2.24. The Hall–Kier alpha value is -0.120. The normalized spacial score (nSPS) is 27.0. The number of piperidine rings is 2. The van der Waals surface area contributed by atoms with Crippen LogP contribution in [0.3, 0.4) is 0 Å². The fourth-order valence-electron chi connectivity index (χ4n) is 2.93.